The van der Waals surface area contributed by atoms with Crippen LogP contribution in [0.25, 0.3) is 33.9 Å². The van der Waals surface area contributed by atoms with Gasteiger partial charge in [0.1, 0.15) is 0 Å². The minimum Gasteiger partial charge on any atom is -0.370 e. The second kappa shape index (κ2) is 11.0. The van der Waals surface area contributed by atoms with E-state index in [-0.39, 0.29) is 11.9 Å². The molecule has 2 aromatic carbocycles. The zero-order valence-electron chi connectivity index (χ0n) is 22.8. The van der Waals surface area contributed by atoms with Crippen LogP contribution in [0.15, 0.2) is 60.7 Å². The molecule has 1 saturated carbocycles. The first kappa shape index (κ1) is 25.9. The van der Waals surface area contributed by atoms with Crippen LogP contribution >= 0.6 is 0 Å². The van der Waals surface area contributed by atoms with E-state index in [0.29, 0.717) is 19.1 Å². The van der Waals surface area contributed by atoms with Gasteiger partial charge >= 0.3 is 0 Å². The van der Waals surface area contributed by atoms with Crippen molar-refractivity contribution >= 4 is 23.1 Å². The van der Waals surface area contributed by atoms with E-state index in [1.54, 1.807) is 0 Å². The SMILES string of the molecule is N=C(N)N1CC=C(c2ccc(-c3nnc(-c4ccc(C5=CCN(C(=N)N)CC5)cc4)n3C3CCCC3)cc2)CC1. The molecule has 9 nitrogen and oxygen atoms in total. The average molecular weight is 536 g/mol. The van der Waals surface area contributed by atoms with E-state index in [2.05, 4.69) is 65.3 Å². The summed E-state index contributed by atoms with van der Waals surface area (Å²) in [6, 6.07) is 17.8. The van der Waals surface area contributed by atoms with Crippen molar-refractivity contribution in [3.63, 3.8) is 0 Å². The molecule has 206 valence electrons. The Hall–Kier alpha value is -4.40. The molecule has 3 aliphatic rings. The number of nitrogens with zero attached hydrogens (tertiary/aromatic N) is 5. The van der Waals surface area contributed by atoms with Crippen LogP contribution in [0.3, 0.4) is 0 Å². The van der Waals surface area contributed by atoms with Gasteiger partial charge in [-0.05, 0) is 48.0 Å². The van der Waals surface area contributed by atoms with Gasteiger partial charge < -0.3 is 25.8 Å². The van der Waals surface area contributed by atoms with Crippen molar-refractivity contribution in [3.8, 4) is 22.8 Å². The van der Waals surface area contributed by atoms with Gasteiger partial charge in [0, 0.05) is 43.3 Å². The molecule has 40 heavy (non-hydrogen) atoms. The Morgan fingerprint density at radius 2 is 1.05 bits per heavy atom. The van der Waals surface area contributed by atoms with Crippen molar-refractivity contribution in [3.05, 3.63) is 71.8 Å². The Morgan fingerprint density at radius 3 is 1.40 bits per heavy atom. The van der Waals surface area contributed by atoms with Crippen LogP contribution in [0.2, 0.25) is 0 Å². The third-order valence-corrected chi connectivity index (χ3v) is 8.51. The smallest absolute Gasteiger partial charge is 0.188 e. The number of aromatic nitrogens is 3. The zero-order valence-corrected chi connectivity index (χ0v) is 22.8. The van der Waals surface area contributed by atoms with E-state index in [1.165, 1.54) is 35.1 Å². The Bertz CT molecular complexity index is 1350. The van der Waals surface area contributed by atoms with E-state index in [4.69, 9.17) is 32.5 Å². The average Bonchev–Trinajstić information content (AvgIpc) is 3.68. The van der Waals surface area contributed by atoms with E-state index in [1.807, 2.05) is 9.80 Å². The maximum Gasteiger partial charge on any atom is 0.188 e. The number of guanidine groups is 2. The van der Waals surface area contributed by atoms with Gasteiger partial charge in [-0.2, -0.15) is 0 Å². The minimum atomic E-state index is 0.134. The first-order valence-corrected chi connectivity index (χ1v) is 14.2. The van der Waals surface area contributed by atoms with Crippen molar-refractivity contribution in [2.45, 2.75) is 44.6 Å². The Morgan fingerprint density at radius 1 is 0.650 bits per heavy atom. The molecular formula is C31H37N9. The number of benzene rings is 2. The van der Waals surface area contributed by atoms with Gasteiger partial charge in [0.05, 0.1) is 0 Å². The van der Waals surface area contributed by atoms with Crippen LogP contribution in [-0.2, 0) is 0 Å². The van der Waals surface area contributed by atoms with Crippen molar-refractivity contribution in [1.82, 2.24) is 24.6 Å². The summed E-state index contributed by atoms with van der Waals surface area (Å²) >= 11 is 0. The van der Waals surface area contributed by atoms with Crippen LogP contribution in [0, 0.1) is 10.8 Å². The Labute approximate surface area is 235 Å². The molecule has 3 heterocycles. The van der Waals surface area contributed by atoms with E-state index in [9.17, 15) is 0 Å². The fourth-order valence-corrected chi connectivity index (χ4v) is 6.16. The molecule has 0 radical (unpaired) electrons. The number of rotatable bonds is 5. The molecule has 2 aliphatic heterocycles. The summed E-state index contributed by atoms with van der Waals surface area (Å²) in [4.78, 5) is 3.76. The van der Waals surface area contributed by atoms with Crippen LogP contribution in [0.1, 0.15) is 55.7 Å². The maximum atomic E-state index is 7.66. The summed E-state index contributed by atoms with van der Waals surface area (Å²) in [5.74, 6) is 2.12. The van der Waals surface area contributed by atoms with E-state index < -0.39 is 0 Å². The first-order chi connectivity index (χ1) is 19.5. The molecule has 1 aromatic heterocycles. The third-order valence-electron chi connectivity index (χ3n) is 8.51. The molecule has 0 unspecified atom stereocenters. The van der Waals surface area contributed by atoms with Gasteiger partial charge in [-0.3, -0.25) is 10.8 Å². The molecule has 0 saturated heterocycles. The lowest BCUT2D eigenvalue weighted by Crippen LogP contribution is -2.39. The Balaban J connectivity index is 1.26. The molecule has 0 spiro atoms. The summed E-state index contributed by atoms with van der Waals surface area (Å²) in [7, 11) is 0. The van der Waals surface area contributed by atoms with Gasteiger partial charge in [0.2, 0.25) is 0 Å². The van der Waals surface area contributed by atoms with E-state index in [0.717, 1.165) is 61.5 Å². The summed E-state index contributed by atoms with van der Waals surface area (Å²) in [6.45, 7) is 2.90. The van der Waals surface area contributed by atoms with Crippen molar-refractivity contribution in [2.24, 2.45) is 11.5 Å². The number of hydrogen-bond donors (Lipinski definition) is 4. The van der Waals surface area contributed by atoms with Gasteiger partial charge in [-0.15, -0.1) is 10.2 Å². The predicted octanol–water partition coefficient (Wildman–Crippen LogP) is 4.69. The van der Waals surface area contributed by atoms with Gasteiger partial charge in [0.15, 0.2) is 23.6 Å². The summed E-state index contributed by atoms with van der Waals surface area (Å²) in [5.41, 5.74) is 18.5. The lowest BCUT2D eigenvalue weighted by atomic mass is 9.98. The van der Waals surface area contributed by atoms with Crippen molar-refractivity contribution in [1.29, 1.82) is 10.8 Å². The van der Waals surface area contributed by atoms with Crippen LogP contribution in [-0.4, -0.2) is 62.7 Å². The monoisotopic (exact) mass is 535 g/mol. The van der Waals surface area contributed by atoms with Gasteiger partial charge in [-0.25, -0.2) is 0 Å². The second-order valence-corrected chi connectivity index (χ2v) is 10.9. The zero-order chi connectivity index (χ0) is 27.6. The summed E-state index contributed by atoms with van der Waals surface area (Å²) in [6.07, 6.45) is 10.9. The molecule has 9 heteroatoms. The highest BCUT2D eigenvalue weighted by atomic mass is 15.3. The molecule has 1 aliphatic carbocycles. The molecule has 0 amide bonds. The molecular weight excluding hydrogens is 498 g/mol. The Kier molecular flexibility index (Phi) is 7.11. The lowest BCUT2D eigenvalue weighted by Gasteiger charge is -2.26. The van der Waals surface area contributed by atoms with E-state index >= 15 is 0 Å². The van der Waals surface area contributed by atoms with Gasteiger partial charge in [-0.1, -0.05) is 73.5 Å². The summed E-state index contributed by atoms with van der Waals surface area (Å²) < 4.78 is 2.37. The molecule has 6 rings (SSSR count). The van der Waals surface area contributed by atoms with Crippen molar-refractivity contribution in [2.75, 3.05) is 26.2 Å². The van der Waals surface area contributed by atoms with Crippen LogP contribution < -0.4 is 11.5 Å². The standard InChI is InChI=1S/C31H37N9/c32-30(33)38-17-13-23(14-18-38)21-5-9-25(10-6-21)28-36-37-29(40(28)27-3-1-2-4-27)26-11-7-22(8-12-26)24-15-19-39(20-16-24)31(34)35/h5-13,15,27H,1-4,14,16-20H2,(H3,32,33)(H3,34,35). The second-order valence-electron chi connectivity index (χ2n) is 10.9. The molecule has 6 N–H and O–H groups in total. The number of nitrogens with one attached hydrogen (secondary N) is 2. The highest BCUT2D eigenvalue weighted by Gasteiger charge is 2.26. The lowest BCUT2D eigenvalue weighted by molar-refractivity contribution is 0.451. The fourth-order valence-electron chi connectivity index (χ4n) is 6.16. The topological polar surface area (TPSA) is 137 Å². The fraction of sp³-hybridized carbons (Fsp3) is 0.355. The quantitative estimate of drug-likeness (QED) is 0.276. The maximum absolute atomic E-state index is 7.66. The minimum absolute atomic E-state index is 0.134. The van der Waals surface area contributed by atoms with Crippen molar-refractivity contribution < 1.29 is 0 Å². The predicted molar refractivity (Wildman–Crippen MR) is 161 cm³/mol. The number of hydrogen-bond acceptors (Lipinski definition) is 4. The normalized spacial score (nSPS) is 18.0. The molecule has 1 fully saturated rings. The molecule has 3 aromatic rings. The van der Waals surface area contributed by atoms with Gasteiger partial charge in [0.25, 0.3) is 0 Å². The highest BCUT2D eigenvalue weighted by Crippen LogP contribution is 2.37. The largest absolute Gasteiger partial charge is 0.370 e. The van der Waals surface area contributed by atoms with Crippen LogP contribution in [0.5, 0.6) is 0 Å². The molecule has 0 atom stereocenters. The highest BCUT2D eigenvalue weighted by molar-refractivity contribution is 5.78. The number of nitrogens with two attached hydrogens (primary N) is 2. The third kappa shape index (κ3) is 5.11. The molecule has 0 bridgehead atoms. The van der Waals surface area contributed by atoms with Crippen LogP contribution in [0.4, 0.5) is 0 Å². The first-order valence-electron chi connectivity index (χ1n) is 14.2. The summed E-state index contributed by atoms with van der Waals surface area (Å²) in [5, 5.41) is 24.8.